The standard InChI is InChI=1S/C18H23NO2/c1-13(2)21-15-11-9-14(10-12-15)18(3,19)16-7-5-6-8-17(16)20-4/h5-13H,19H2,1-4H3. The molecule has 2 aromatic carbocycles. The summed E-state index contributed by atoms with van der Waals surface area (Å²) < 4.78 is 11.1. The average Bonchev–Trinajstić information content (AvgIpc) is 2.47. The van der Waals surface area contributed by atoms with Gasteiger partial charge in [0.05, 0.1) is 18.8 Å². The van der Waals surface area contributed by atoms with Crippen LogP contribution in [0.2, 0.25) is 0 Å². The molecule has 0 aromatic heterocycles. The lowest BCUT2D eigenvalue weighted by Crippen LogP contribution is -2.34. The Kier molecular flexibility index (Phi) is 4.53. The maximum Gasteiger partial charge on any atom is 0.124 e. The van der Waals surface area contributed by atoms with Crippen LogP contribution in [0.5, 0.6) is 11.5 Å². The van der Waals surface area contributed by atoms with Gasteiger partial charge in [-0.25, -0.2) is 0 Å². The number of rotatable bonds is 5. The van der Waals surface area contributed by atoms with Crippen molar-refractivity contribution in [2.45, 2.75) is 32.4 Å². The lowest BCUT2D eigenvalue weighted by Gasteiger charge is -2.28. The summed E-state index contributed by atoms with van der Waals surface area (Å²) in [5.41, 5.74) is 7.92. The minimum Gasteiger partial charge on any atom is -0.496 e. The van der Waals surface area contributed by atoms with Crippen molar-refractivity contribution in [2.24, 2.45) is 5.73 Å². The van der Waals surface area contributed by atoms with Crippen molar-refractivity contribution >= 4 is 0 Å². The van der Waals surface area contributed by atoms with Crippen LogP contribution >= 0.6 is 0 Å². The predicted octanol–water partition coefficient (Wildman–Crippen LogP) is 3.70. The molecule has 0 spiro atoms. The zero-order valence-electron chi connectivity index (χ0n) is 13.1. The molecule has 1 unspecified atom stereocenters. The maximum atomic E-state index is 6.57. The van der Waals surface area contributed by atoms with Crippen LogP contribution in [0.25, 0.3) is 0 Å². The van der Waals surface area contributed by atoms with Gasteiger partial charge in [0.25, 0.3) is 0 Å². The second kappa shape index (κ2) is 6.19. The highest BCUT2D eigenvalue weighted by Crippen LogP contribution is 2.33. The molecular weight excluding hydrogens is 262 g/mol. The first-order chi connectivity index (χ1) is 9.95. The Morgan fingerprint density at radius 2 is 1.62 bits per heavy atom. The molecule has 0 aliphatic heterocycles. The summed E-state index contributed by atoms with van der Waals surface area (Å²) in [7, 11) is 1.66. The Hall–Kier alpha value is -2.00. The largest absolute Gasteiger partial charge is 0.496 e. The van der Waals surface area contributed by atoms with Gasteiger partial charge in [-0.3, -0.25) is 0 Å². The summed E-state index contributed by atoms with van der Waals surface area (Å²) >= 11 is 0. The Bertz CT molecular complexity index is 588. The van der Waals surface area contributed by atoms with Crippen LogP contribution < -0.4 is 15.2 Å². The first-order valence-corrected chi connectivity index (χ1v) is 7.14. The third-order valence-corrected chi connectivity index (χ3v) is 3.49. The van der Waals surface area contributed by atoms with Gasteiger partial charge in [0.1, 0.15) is 11.5 Å². The van der Waals surface area contributed by atoms with Gasteiger partial charge in [0.2, 0.25) is 0 Å². The Balaban J connectivity index is 2.34. The molecule has 2 rings (SSSR count). The van der Waals surface area contributed by atoms with Gasteiger partial charge in [-0.2, -0.15) is 0 Å². The van der Waals surface area contributed by atoms with E-state index in [1.165, 1.54) is 0 Å². The van der Waals surface area contributed by atoms with E-state index in [1.807, 2.05) is 69.3 Å². The third-order valence-electron chi connectivity index (χ3n) is 3.49. The smallest absolute Gasteiger partial charge is 0.124 e. The van der Waals surface area contributed by atoms with E-state index in [1.54, 1.807) is 7.11 Å². The first kappa shape index (κ1) is 15.4. The quantitative estimate of drug-likeness (QED) is 0.911. The van der Waals surface area contributed by atoms with Crippen LogP contribution in [0, 0.1) is 0 Å². The zero-order chi connectivity index (χ0) is 15.5. The minimum absolute atomic E-state index is 0.161. The summed E-state index contributed by atoms with van der Waals surface area (Å²) in [6, 6.07) is 15.8. The van der Waals surface area contributed by atoms with Crippen LogP contribution in [0.4, 0.5) is 0 Å². The number of ether oxygens (including phenoxy) is 2. The van der Waals surface area contributed by atoms with E-state index in [9.17, 15) is 0 Å². The van der Waals surface area contributed by atoms with Gasteiger partial charge in [0, 0.05) is 5.56 Å². The van der Waals surface area contributed by atoms with Gasteiger partial charge in [-0.05, 0) is 44.5 Å². The molecule has 0 radical (unpaired) electrons. The average molecular weight is 285 g/mol. The van der Waals surface area contributed by atoms with E-state index in [4.69, 9.17) is 15.2 Å². The molecule has 21 heavy (non-hydrogen) atoms. The number of nitrogens with two attached hydrogens (primary N) is 1. The van der Waals surface area contributed by atoms with E-state index < -0.39 is 5.54 Å². The minimum atomic E-state index is -0.622. The molecule has 1 atom stereocenters. The topological polar surface area (TPSA) is 44.5 Å². The van der Waals surface area contributed by atoms with Crippen LogP contribution in [-0.2, 0) is 5.54 Å². The Labute approximate surface area is 126 Å². The number of para-hydroxylation sites is 1. The molecule has 2 N–H and O–H groups in total. The van der Waals surface area contributed by atoms with Crippen LogP contribution in [0.3, 0.4) is 0 Å². The molecule has 0 aliphatic carbocycles. The third kappa shape index (κ3) is 3.37. The van der Waals surface area contributed by atoms with Crippen molar-refractivity contribution in [3.05, 3.63) is 59.7 Å². The van der Waals surface area contributed by atoms with E-state index in [0.717, 1.165) is 22.6 Å². The molecule has 0 heterocycles. The molecule has 0 saturated carbocycles. The molecule has 0 bridgehead atoms. The van der Waals surface area contributed by atoms with E-state index in [2.05, 4.69) is 0 Å². The SMILES string of the molecule is COc1ccccc1C(C)(N)c1ccc(OC(C)C)cc1. The molecule has 3 heteroatoms. The number of methoxy groups -OCH3 is 1. The lowest BCUT2D eigenvalue weighted by atomic mass is 9.85. The molecule has 0 aliphatic rings. The van der Waals surface area contributed by atoms with Crippen molar-refractivity contribution in [1.29, 1.82) is 0 Å². The van der Waals surface area contributed by atoms with Crippen molar-refractivity contribution in [3.8, 4) is 11.5 Å². The van der Waals surface area contributed by atoms with Crippen molar-refractivity contribution in [3.63, 3.8) is 0 Å². The fraction of sp³-hybridized carbons (Fsp3) is 0.333. The fourth-order valence-corrected chi connectivity index (χ4v) is 2.38. The van der Waals surface area contributed by atoms with Crippen molar-refractivity contribution in [2.75, 3.05) is 7.11 Å². The van der Waals surface area contributed by atoms with E-state index in [-0.39, 0.29) is 6.10 Å². The van der Waals surface area contributed by atoms with Crippen LogP contribution in [0.15, 0.2) is 48.5 Å². The van der Waals surface area contributed by atoms with Gasteiger partial charge < -0.3 is 15.2 Å². The molecular formula is C18H23NO2. The fourth-order valence-electron chi connectivity index (χ4n) is 2.38. The summed E-state index contributed by atoms with van der Waals surface area (Å²) in [5.74, 6) is 1.65. The van der Waals surface area contributed by atoms with E-state index >= 15 is 0 Å². The lowest BCUT2D eigenvalue weighted by molar-refractivity contribution is 0.242. The monoisotopic (exact) mass is 285 g/mol. The Morgan fingerprint density at radius 1 is 1.00 bits per heavy atom. The van der Waals surface area contributed by atoms with Crippen LogP contribution in [0.1, 0.15) is 31.9 Å². The van der Waals surface area contributed by atoms with E-state index in [0.29, 0.717) is 0 Å². The highest BCUT2D eigenvalue weighted by atomic mass is 16.5. The van der Waals surface area contributed by atoms with Gasteiger partial charge in [-0.1, -0.05) is 30.3 Å². The second-order valence-electron chi connectivity index (χ2n) is 5.59. The van der Waals surface area contributed by atoms with Crippen molar-refractivity contribution < 1.29 is 9.47 Å². The van der Waals surface area contributed by atoms with Crippen LogP contribution in [-0.4, -0.2) is 13.2 Å². The normalized spacial score (nSPS) is 13.8. The Morgan fingerprint density at radius 3 is 2.19 bits per heavy atom. The van der Waals surface area contributed by atoms with Crippen molar-refractivity contribution in [1.82, 2.24) is 0 Å². The first-order valence-electron chi connectivity index (χ1n) is 7.14. The molecule has 3 nitrogen and oxygen atoms in total. The van der Waals surface area contributed by atoms with Gasteiger partial charge >= 0.3 is 0 Å². The summed E-state index contributed by atoms with van der Waals surface area (Å²) in [6.45, 7) is 6.01. The predicted molar refractivity (Wildman–Crippen MR) is 85.8 cm³/mol. The number of benzene rings is 2. The summed E-state index contributed by atoms with van der Waals surface area (Å²) in [6.07, 6.45) is 0.161. The number of hydrogen-bond donors (Lipinski definition) is 1. The second-order valence-corrected chi connectivity index (χ2v) is 5.59. The molecule has 112 valence electrons. The summed E-state index contributed by atoms with van der Waals surface area (Å²) in [5, 5.41) is 0. The highest BCUT2D eigenvalue weighted by molar-refractivity contribution is 5.46. The van der Waals surface area contributed by atoms with Gasteiger partial charge in [-0.15, -0.1) is 0 Å². The zero-order valence-corrected chi connectivity index (χ0v) is 13.1. The maximum absolute atomic E-state index is 6.57. The summed E-state index contributed by atoms with van der Waals surface area (Å²) in [4.78, 5) is 0. The van der Waals surface area contributed by atoms with Gasteiger partial charge in [0.15, 0.2) is 0 Å². The molecule has 2 aromatic rings. The molecule has 0 fully saturated rings. The molecule has 0 saturated heterocycles. The number of hydrogen-bond acceptors (Lipinski definition) is 3. The molecule has 0 amide bonds. The highest BCUT2D eigenvalue weighted by Gasteiger charge is 2.26.